The number of carbonyl (C=O) groups excluding carboxylic acids is 2. The van der Waals surface area contributed by atoms with E-state index in [1.165, 1.54) is 0 Å². The van der Waals surface area contributed by atoms with E-state index in [4.69, 9.17) is 0 Å². The van der Waals surface area contributed by atoms with Crippen LogP contribution in [0.3, 0.4) is 0 Å². The third kappa shape index (κ3) is 5.25. The van der Waals surface area contributed by atoms with Crippen LogP contribution in [0, 0.1) is 18.3 Å². The topological polar surface area (TPSA) is 102 Å². The van der Waals surface area contributed by atoms with E-state index < -0.39 is 5.92 Å². The van der Waals surface area contributed by atoms with Crippen molar-refractivity contribution in [3.63, 3.8) is 0 Å². The maximum absolute atomic E-state index is 12.3. The van der Waals surface area contributed by atoms with E-state index in [9.17, 15) is 20.0 Å². The average Bonchev–Trinajstić information content (AvgIpc) is 2.71. The van der Waals surface area contributed by atoms with Gasteiger partial charge in [0.1, 0.15) is 5.75 Å². The van der Waals surface area contributed by atoms with Crippen molar-refractivity contribution < 1.29 is 14.7 Å². The molecule has 6 nitrogen and oxygen atoms in total. The molecule has 3 N–H and O–H groups in total. The zero-order valence-corrected chi connectivity index (χ0v) is 19.8. The minimum absolute atomic E-state index is 0.0453. The number of thioether (sulfide) groups is 1. The Kier molecular flexibility index (Phi) is 7.23. The van der Waals surface area contributed by atoms with E-state index in [2.05, 4.69) is 48.6 Å². The number of benzene rings is 2. The van der Waals surface area contributed by atoms with Crippen molar-refractivity contribution in [2.45, 2.75) is 19.3 Å². The fourth-order valence-electron chi connectivity index (χ4n) is 2.98. The fraction of sp³-hybridized carbons (Fsp3) is 0.190. The summed E-state index contributed by atoms with van der Waals surface area (Å²) >= 11 is 7.68. The molecule has 1 atom stereocenters. The van der Waals surface area contributed by atoms with Gasteiger partial charge in [0.05, 0.1) is 31.4 Å². The second kappa shape index (κ2) is 9.69. The number of nitriles is 1. The number of allylic oxidation sites excluding steroid dienone is 1. The van der Waals surface area contributed by atoms with Crippen LogP contribution in [0.25, 0.3) is 0 Å². The van der Waals surface area contributed by atoms with Crippen LogP contribution in [0.1, 0.15) is 23.5 Å². The largest absolute Gasteiger partial charge is 0.506 e. The predicted molar refractivity (Wildman–Crippen MR) is 124 cm³/mol. The molecule has 1 heterocycles. The van der Waals surface area contributed by atoms with Crippen LogP contribution in [-0.2, 0) is 9.59 Å². The van der Waals surface area contributed by atoms with Crippen molar-refractivity contribution in [3.05, 3.63) is 67.1 Å². The molecule has 0 saturated carbocycles. The van der Waals surface area contributed by atoms with Crippen molar-refractivity contribution in [2.24, 2.45) is 0 Å². The van der Waals surface area contributed by atoms with Gasteiger partial charge in [-0.3, -0.25) is 9.59 Å². The van der Waals surface area contributed by atoms with Crippen molar-refractivity contribution in [1.29, 1.82) is 5.26 Å². The van der Waals surface area contributed by atoms with Gasteiger partial charge in [0.25, 0.3) is 0 Å². The maximum Gasteiger partial charge on any atom is 0.234 e. The average molecular weight is 551 g/mol. The Balaban J connectivity index is 1.80. The first-order valence-corrected chi connectivity index (χ1v) is 11.5. The van der Waals surface area contributed by atoms with Gasteiger partial charge in [-0.15, -0.1) is 0 Å². The highest BCUT2D eigenvalue weighted by Crippen LogP contribution is 2.41. The Morgan fingerprint density at radius 1 is 1.30 bits per heavy atom. The summed E-state index contributed by atoms with van der Waals surface area (Å²) in [6.07, 6.45) is 0.103. The quantitative estimate of drug-likeness (QED) is 0.489. The smallest absolute Gasteiger partial charge is 0.234 e. The number of phenols is 1. The van der Waals surface area contributed by atoms with Gasteiger partial charge in [-0.1, -0.05) is 29.5 Å². The molecule has 0 bridgehead atoms. The number of phenolic OH excluding ortho intramolecular Hbond substituents is 1. The lowest BCUT2D eigenvalue weighted by Gasteiger charge is -2.25. The summed E-state index contributed by atoms with van der Waals surface area (Å²) in [5, 5.41) is 25.6. The number of rotatable bonds is 5. The number of amides is 2. The third-order valence-corrected chi connectivity index (χ3v) is 6.71. The Morgan fingerprint density at radius 2 is 1.93 bits per heavy atom. The molecular weight excluding hydrogens is 534 g/mol. The lowest BCUT2D eigenvalue weighted by atomic mass is 9.87. The molecule has 2 aromatic rings. The normalized spacial score (nSPS) is 16.1. The van der Waals surface area contributed by atoms with E-state index in [1.54, 1.807) is 12.1 Å². The van der Waals surface area contributed by atoms with Crippen molar-refractivity contribution in [2.75, 3.05) is 11.1 Å². The van der Waals surface area contributed by atoms with Crippen LogP contribution in [-0.4, -0.2) is 22.7 Å². The fourth-order valence-corrected chi connectivity index (χ4v) is 5.07. The molecule has 1 aliphatic rings. The van der Waals surface area contributed by atoms with Gasteiger partial charge < -0.3 is 15.7 Å². The molecule has 2 amide bonds. The molecule has 0 aliphatic carbocycles. The van der Waals surface area contributed by atoms with Gasteiger partial charge in [-0.05, 0) is 68.6 Å². The van der Waals surface area contributed by atoms with Gasteiger partial charge in [0.2, 0.25) is 11.8 Å². The minimum Gasteiger partial charge on any atom is -0.506 e. The number of hydrogen-bond acceptors (Lipinski definition) is 5. The number of nitrogens with one attached hydrogen (secondary N) is 2. The van der Waals surface area contributed by atoms with Crippen LogP contribution in [0.15, 0.2) is 55.9 Å². The maximum atomic E-state index is 12.3. The van der Waals surface area contributed by atoms with Crippen LogP contribution in [0.5, 0.6) is 5.75 Å². The number of aromatic hydroxyl groups is 1. The standard InChI is InChI=1S/C21H17Br2N3O3S/c1-11-2-4-13(5-3-11)25-19(28)10-30-21-15(9-24)14(8-18(27)26-21)12-6-16(22)20(29)17(23)7-12/h2-7,14,29H,8,10H2,1H3,(H,25,28)(H,26,27)/t14-/m0/s1. The molecule has 0 unspecified atom stereocenters. The highest BCUT2D eigenvalue weighted by molar-refractivity contribution is 9.11. The summed E-state index contributed by atoms with van der Waals surface area (Å²) in [6.45, 7) is 1.96. The molecule has 30 heavy (non-hydrogen) atoms. The number of carbonyl (C=O) groups is 2. The van der Waals surface area contributed by atoms with Crippen molar-refractivity contribution in [3.8, 4) is 11.8 Å². The first-order valence-electron chi connectivity index (χ1n) is 8.89. The number of aryl methyl sites for hydroxylation is 1. The Labute approximate surface area is 195 Å². The summed E-state index contributed by atoms with van der Waals surface area (Å²) in [4.78, 5) is 24.6. The van der Waals surface area contributed by atoms with Crippen LogP contribution >= 0.6 is 43.6 Å². The summed E-state index contributed by atoms with van der Waals surface area (Å²) in [6, 6.07) is 13.0. The Hall–Kier alpha value is -2.28. The number of halogens is 2. The predicted octanol–water partition coefficient (Wildman–Crippen LogP) is 4.94. The highest BCUT2D eigenvalue weighted by atomic mass is 79.9. The van der Waals surface area contributed by atoms with Gasteiger partial charge >= 0.3 is 0 Å². The third-order valence-electron chi connectivity index (χ3n) is 4.48. The van der Waals surface area contributed by atoms with Crippen molar-refractivity contribution in [1.82, 2.24) is 5.32 Å². The monoisotopic (exact) mass is 549 g/mol. The number of anilines is 1. The van der Waals surface area contributed by atoms with E-state index in [1.807, 2.05) is 31.2 Å². The van der Waals surface area contributed by atoms with Gasteiger partial charge in [-0.2, -0.15) is 5.26 Å². The molecule has 0 spiro atoms. The lowest BCUT2D eigenvalue weighted by molar-refractivity contribution is -0.121. The molecule has 0 radical (unpaired) electrons. The molecule has 2 aromatic carbocycles. The Bertz CT molecular complexity index is 1050. The van der Waals surface area contributed by atoms with Gasteiger partial charge in [0, 0.05) is 18.0 Å². The summed E-state index contributed by atoms with van der Waals surface area (Å²) in [5.74, 6) is -0.853. The zero-order valence-electron chi connectivity index (χ0n) is 15.8. The second-order valence-electron chi connectivity index (χ2n) is 6.70. The van der Waals surface area contributed by atoms with Crippen LogP contribution < -0.4 is 10.6 Å². The van der Waals surface area contributed by atoms with Crippen LogP contribution in [0.2, 0.25) is 0 Å². The van der Waals surface area contributed by atoms with E-state index in [0.717, 1.165) is 17.3 Å². The number of nitrogens with zero attached hydrogens (tertiary/aromatic N) is 1. The first-order chi connectivity index (χ1) is 14.3. The Morgan fingerprint density at radius 3 is 2.53 bits per heavy atom. The molecule has 3 rings (SSSR count). The zero-order chi connectivity index (χ0) is 21.8. The SMILES string of the molecule is Cc1ccc(NC(=O)CSC2=C(C#N)[C@H](c3cc(Br)c(O)c(Br)c3)CC(=O)N2)cc1. The molecule has 0 saturated heterocycles. The minimum atomic E-state index is -0.473. The molecule has 9 heteroatoms. The lowest BCUT2D eigenvalue weighted by Crippen LogP contribution is -2.31. The molecule has 0 aromatic heterocycles. The van der Waals surface area contributed by atoms with E-state index in [-0.39, 0.29) is 29.7 Å². The molecule has 1 aliphatic heterocycles. The van der Waals surface area contributed by atoms with E-state index >= 15 is 0 Å². The van der Waals surface area contributed by atoms with Gasteiger partial charge in [0.15, 0.2) is 0 Å². The summed E-state index contributed by atoms with van der Waals surface area (Å²) in [7, 11) is 0. The molecular formula is C21H17Br2N3O3S. The van der Waals surface area contributed by atoms with Crippen LogP contribution in [0.4, 0.5) is 5.69 Å². The second-order valence-corrected chi connectivity index (χ2v) is 9.39. The highest BCUT2D eigenvalue weighted by Gasteiger charge is 2.30. The molecule has 0 fully saturated rings. The molecule has 154 valence electrons. The summed E-state index contributed by atoms with van der Waals surface area (Å²) in [5.41, 5.74) is 2.87. The first kappa shape index (κ1) is 22.4. The summed E-state index contributed by atoms with van der Waals surface area (Å²) < 4.78 is 0.920. The number of hydrogen-bond donors (Lipinski definition) is 3. The van der Waals surface area contributed by atoms with Gasteiger partial charge in [-0.25, -0.2) is 0 Å². The van der Waals surface area contributed by atoms with E-state index in [0.29, 0.717) is 30.8 Å². The van der Waals surface area contributed by atoms with Crippen molar-refractivity contribution >= 4 is 61.1 Å².